The maximum absolute atomic E-state index is 8.00. The van der Waals surface area contributed by atoms with Crippen LogP contribution in [-0.4, -0.2) is 35.6 Å². The molecule has 2 aromatic rings. The summed E-state index contributed by atoms with van der Waals surface area (Å²) in [7, 11) is 1.00. The van der Waals surface area contributed by atoms with Crippen molar-refractivity contribution in [1.29, 1.82) is 0 Å². The SMILES string of the molecule is C=O.CO.Cc1cc2c(C(C)(C)N)cnc(OCC3CC3)c2cn1. The molecule has 6 nitrogen and oxygen atoms in total. The first-order valence-corrected chi connectivity index (χ1v) is 7.86. The molecule has 0 unspecified atom stereocenters. The van der Waals surface area contributed by atoms with Crippen LogP contribution in [0.25, 0.3) is 10.8 Å². The molecule has 0 aliphatic heterocycles. The molecule has 0 bridgehead atoms. The first-order chi connectivity index (χ1) is 11.4. The summed E-state index contributed by atoms with van der Waals surface area (Å²) in [6, 6.07) is 2.06. The van der Waals surface area contributed by atoms with Crippen LogP contribution in [0, 0.1) is 12.8 Å². The molecule has 132 valence electrons. The molecule has 0 atom stereocenters. The van der Waals surface area contributed by atoms with Gasteiger partial charge in [0.15, 0.2) is 0 Å². The molecular weight excluding hydrogens is 306 g/mol. The van der Waals surface area contributed by atoms with Crippen LogP contribution in [0.15, 0.2) is 18.5 Å². The van der Waals surface area contributed by atoms with Gasteiger partial charge in [0.1, 0.15) is 6.79 Å². The Hall–Kier alpha value is -2.05. The minimum atomic E-state index is -0.436. The molecule has 6 heteroatoms. The maximum Gasteiger partial charge on any atom is 0.222 e. The van der Waals surface area contributed by atoms with Gasteiger partial charge in [0.25, 0.3) is 0 Å². The van der Waals surface area contributed by atoms with E-state index >= 15 is 0 Å². The van der Waals surface area contributed by atoms with Crippen LogP contribution >= 0.6 is 0 Å². The fraction of sp³-hybridized carbons (Fsp3) is 0.500. The second-order valence-electron chi connectivity index (χ2n) is 6.32. The summed E-state index contributed by atoms with van der Waals surface area (Å²) >= 11 is 0. The summed E-state index contributed by atoms with van der Waals surface area (Å²) in [6.45, 7) is 8.72. The summed E-state index contributed by atoms with van der Waals surface area (Å²) < 4.78 is 5.86. The van der Waals surface area contributed by atoms with Gasteiger partial charge in [0.05, 0.1) is 12.0 Å². The van der Waals surface area contributed by atoms with E-state index in [4.69, 9.17) is 20.4 Å². The van der Waals surface area contributed by atoms with Crippen molar-refractivity contribution in [1.82, 2.24) is 9.97 Å². The molecule has 2 aromatic heterocycles. The highest BCUT2D eigenvalue weighted by atomic mass is 16.5. The average molecular weight is 333 g/mol. The lowest BCUT2D eigenvalue weighted by atomic mass is 9.93. The summed E-state index contributed by atoms with van der Waals surface area (Å²) in [5, 5.41) is 9.04. The number of pyridine rings is 2. The van der Waals surface area contributed by atoms with Crippen molar-refractivity contribution < 1.29 is 14.6 Å². The summed E-state index contributed by atoms with van der Waals surface area (Å²) in [4.78, 5) is 16.8. The van der Waals surface area contributed by atoms with E-state index in [1.54, 1.807) is 0 Å². The highest BCUT2D eigenvalue weighted by molar-refractivity contribution is 5.89. The average Bonchev–Trinajstić information content (AvgIpc) is 3.39. The summed E-state index contributed by atoms with van der Waals surface area (Å²) in [5.74, 6) is 1.38. The lowest BCUT2D eigenvalue weighted by Gasteiger charge is -2.22. The lowest BCUT2D eigenvalue weighted by molar-refractivity contribution is -0.0979. The van der Waals surface area contributed by atoms with Gasteiger partial charge in [0, 0.05) is 30.7 Å². The molecule has 0 saturated heterocycles. The van der Waals surface area contributed by atoms with Gasteiger partial charge >= 0.3 is 0 Å². The Morgan fingerprint density at radius 2 is 1.88 bits per heavy atom. The van der Waals surface area contributed by atoms with E-state index in [9.17, 15) is 0 Å². The fourth-order valence-electron chi connectivity index (χ4n) is 2.33. The Morgan fingerprint density at radius 3 is 2.42 bits per heavy atom. The molecule has 0 aromatic carbocycles. The van der Waals surface area contributed by atoms with E-state index in [0.29, 0.717) is 11.8 Å². The third-order valence-corrected chi connectivity index (χ3v) is 3.72. The van der Waals surface area contributed by atoms with Crippen LogP contribution in [0.1, 0.15) is 37.9 Å². The Bertz CT molecular complexity index is 664. The monoisotopic (exact) mass is 333 g/mol. The number of aliphatic hydroxyl groups excluding tert-OH is 1. The Kier molecular flexibility index (Phi) is 7.25. The number of nitrogens with two attached hydrogens (primary N) is 1. The van der Waals surface area contributed by atoms with Crippen LogP contribution in [-0.2, 0) is 10.3 Å². The van der Waals surface area contributed by atoms with Gasteiger partial charge in [0.2, 0.25) is 5.88 Å². The number of rotatable bonds is 4. The third kappa shape index (κ3) is 4.97. The highest BCUT2D eigenvalue weighted by Crippen LogP contribution is 2.33. The predicted octanol–water partition coefficient (Wildman–Crippen LogP) is 2.34. The van der Waals surface area contributed by atoms with E-state index in [1.165, 1.54) is 12.8 Å². The number of ether oxygens (including phenoxy) is 1. The van der Waals surface area contributed by atoms with Crippen LogP contribution < -0.4 is 10.5 Å². The van der Waals surface area contributed by atoms with Gasteiger partial charge in [-0.2, -0.15) is 0 Å². The zero-order chi connectivity index (χ0) is 18.3. The van der Waals surface area contributed by atoms with E-state index in [2.05, 4.69) is 16.0 Å². The van der Waals surface area contributed by atoms with Crippen LogP contribution in [0.4, 0.5) is 0 Å². The lowest BCUT2D eigenvalue weighted by Crippen LogP contribution is -2.29. The number of hydrogen-bond acceptors (Lipinski definition) is 6. The number of nitrogens with zero attached hydrogens (tertiary/aromatic N) is 2. The number of fused-ring (bicyclic) bond motifs is 1. The van der Waals surface area contributed by atoms with Crippen LogP contribution in [0.5, 0.6) is 5.88 Å². The molecule has 1 fully saturated rings. The summed E-state index contributed by atoms with van der Waals surface area (Å²) in [6.07, 6.45) is 6.21. The Morgan fingerprint density at radius 1 is 1.25 bits per heavy atom. The number of hydrogen-bond donors (Lipinski definition) is 2. The number of carbonyl (C=O) groups excluding carboxylic acids is 1. The van der Waals surface area contributed by atoms with Gasteiger partial charge in [-0.1, -0.05) is 0 Å². The summed E-state index contributed by atoms with van der Waals surface area (Å²) in [5.41, 5.74) is 7.82. The highest BCUT2D eigenvalue weighted by Gasteiger charge is 2.24. The van der Waals surface area contributed by atoms with E-state index in [-0.39, 0.29) is 0 Å². The molecule has 1 saturated carbocycles. The number of carbonyl (C=O) groups is 1. The molecule has 3 rings (SSSR count). The fourth-order valence-corrected chi connectivity index (χ4v) is 2.33. The standard InChI is InChI=1S/C16H21N3O.CH4O.CH2O/c1-10-6-12-13(7-18-10)15(20-9-11-4-5-11)19-8-14(12)16(2,3)17;2*1-2/h6-8,11H,4-5,9,17H2,1-3H3;2H,1H3;1H2. The smallest absolute Gasteiger partial charge is 0.222 e. The Balaban J connectivity index is 0.000000671. The molecule has 1 aliphatic carbocycles. The van der Waals surface area contributed by atoms with Gasteiger partial charge in [-0.05, 0) is 56.5 Å². The first kappa shape index (κ1) is 20.0. The van der Waals surface area contributed by atoms with Crippen molar-refractivity contribution in [3.63, 3.8) is 0 Å². The van der Waals surface area contributed by atoms with E-state index < -0.39 is 5.54 Å². The van der Waals surface area contributed by atoms with Crippen LogP contribution in [0.2, 0.25) is 0 Å². The van der Waals surface area contributed by atoms with Crippen LogP contribution in [0.3, 0.4) is 0 Å². The molecule has 24 heavy (non-hydrogen) atoms. The zero-order valence-corrected chi connectivity index (χ0v) is 14.9. The molecular formula is C18H27N3O3. The van der Waals surface area contributed by atoms with Gasteiger partial charge in [-0.15, -0.1) is 0 Å². The van der Waals surface area contributed by atoms with Crippen molar-refractivity contribution in [2.45, 2.75) is 39.2 Å². The quantitative estimate of drug-likeness (QED) is 0.891. The topological polar surface area (TPSA) is 98.3 Å². The van der Waals surface area contributed by atoms with E-state index in [1.807, 2.05) is 40.0 Å². The Labute approximate surface area is 143 Å². The molecule has 1 aliphatic rings. The molecule has 0 spiro atoms. The molecule has 0 radical (unpaired) electrons. The van der Waals surface area contributed by atoms with Crippen molar-refractivity contribution in [2.24, 2.45) is 11.7 Å². The first-order valence-electron chi connectivity index (χ1n) is 7.86. The molecule has 3 N–H and O–H groups in total. The van der Waals surface area contributed by atoms with Gasteiger partial charge in [-0.25, -0.2) is 4.98 Å². The number of aromatic nitrogens is 2. The molecule has 2 heterocycles. The van der Waals surface area contributed by atoms with Crippen molar-refractivity contribution in [2.75, 3.05) is 13.7 Å². The second-order valence-corrected chi connectivity index (χ2v) is 6.32. The van der Waals surface area contributed by atoms with Crippen molar-refractivity contribution >= 4 is 17.6 Å². The predicted molar refractivity (Wildman–Crippen MR) is 95.0 cm³/mol. The normalized spacial score (nSPS) is 13.4. The van der Waals surface area contributed by atoms with Gasteiger partial charge in [-0.3, -0.25) is 4.98 Å². The van der Waals surface area contributed by atoms with Crippen molar-refractivity contribution in [3.05, 3.63) is 29.7 Å². The molecule has 0 amide bonds. The van der Waals surface area contributed by atoms with Crippen molar-refractivity contribution in [3.8, 4) is 5.88 Å². The van der Waals surface area contributed by atoms with E-state index in [0.717, 1.165) is 35.7 Å². The minimum Gasteiger partial charge on any atom is -0.477 e. The number of aryl methyl sites for hydroxylation is 1. The minimum absolute atomic E-state index is 0.436. The maximum atomic E-state index is 8.00. The number of aliphatic hydroxyl groups is 1. The third-order valence-electron chi connectivity index (χ3n) is 3.72. The van der Waals surface area contributed by atoms with Gasteiger partial charge < -0.3 is 20.4 Å². The second kappa shape index (κ2) is 8.70. The largest absolute Gasteiger partial charge is 0.477 e. The zero-order valence-electron chi connectivity index (χ0n) is 14.9.